The molecule has 4 rings (SSSR count). The molecule has 3 aromatic rings. The SMILES string of the molecule is N/N=C(/COc1ccc2c(C(=O)Nc3ccc(OC4CCC4)c(F)c3)coc2c1)NN. The number of hydrogen-bond donors (Lipinski definition) is 4. The molecular formula is C21H22FN5O4. The van der Waals surface area contributed by atoms with Crippen LogP contribution in [-0.2, 0) is 0 Å². The number of rotatable bonds is 7. The summed E-state index contributed by atoms with van der Waals surface area (Å²) in [5, 5.41) is 6.69. The van der Waals surface area contributed by atoms with Gasteiger partial charge in [-0.1, -0.05) is 0 Å². The highest BCUT2D eigenvalue weighted by molar-refractivity contribution is 6.12. The molecule has 0 spiro atoms. The van der Waals surface area contributed by atoms with E-state index in [0.29, 0.717) is 28.0 Å². The summed E-state index contributed by atoms with van der Waals surface area (Å²) in [6.07, 6.45) is 4.37. The number of hydrazone groups is 1. The molecule has 0 bridgehead atoms. The summed E-state index contributed by atoms with van der Waals surface area (Å²) < 4.78 is 30.9. The fraction of sp³-hybridized carbons (Fsp3) is 0.238. The van der Waals surface area contributed by atoms with Crippen LogP contribution >= 0.6 is 0 Å². The fourth-order valence-corrected chi connectivity index (χ4v) is 3.08. The first-order chi connectivity index (χ1) is 15.1. The molecular weight excluding hydrogens is 405 g/mol. The minimum atomic E-state index is -0.518. The van der Waals surface area contributed by atoms with E-state index in [-0.39, 0.29) is 24.3 Å². The van der Waals surface area contributed by atoms with Crippen LogP contribution in [0.3, 0.4) is 0 Å². The van der Waals surface area contributed by atoms with Crippen LogP contribution in [0.1, 0.15) is 29.6 Å². The Morgan fingerprint density at radius 2 is 2.10 bits per heavy atom. The van der Waals surface area contributed by atoms with Crippen LogP contribution in [0, 0.1) is 5.82 Å². The van der Waals surface area contributed by atoms with Gasteiger partial charge >= 0.3 is 0 Å². The number of nitrogens with two attached hydrogens (primary N) is 2. The zero-order valence-electron chi connectivity index (χ0n) is 16.6. The van der Waals surface area contributed by atoms with Crippen molar-refractivity contribution < 1.29 is 23.1 Å². The van der Waals surface area contributed by atoms with Gasteiger partial charge < -0.3 is 30.5 Å². The second-order valence-corrected chi connectivity index (χ2v) is 7.09. The number of anilines is 1. The van der Waals surface area contributed by atoms with E-state index < -0.39 is 11.7 Å². The third-order valence-electron chi connectivity index (χ3n) is 5.03. The van der Waals surface area contributed by atoms with Crippen LogP contribution in [0.4, 0.5) is 10.1 Å². The first kappa shape index (κ1) is 20.5. The summed E-state index contributed by atoms with van der Waals surface area (Å²) in [5.41, 5.74) is 3.39. The predicted octanol–water partition coefficient (Wildman–Crippen LogP) is 2.87. The number of hydrazine groups is 1. The number of nitrogens with zero attached hydrogens (tertiary/aromatic N) is 1. The lowest BCUT2D eigenvalue weighted by molar-refractivity contribution is 0.102. The number of hydrogen-bond acceptors (Lipinski definition) is 7. The van der Waals surface area contributed by atoms with Crippen LogP contribution in [0.5, 0.6) is 11.5 Å². The van der Waals surface area contributed by atoms with E-state index in [1.54, 1.807) is 24.3 Å². The summed E-state index contributed by atoms with van der Waals surface area (Å²) >= 11 is 0. The van der Waals surface area contributed by atoms with Gasteiger partial charge in [-0.05, 0) is 43.5 Å². The van der Waals surface area contributed by atoms with E-state index >= 15 is 0 Å². The lowest BCUT2D eigenvalue weighted by Crippen LogP contribution is -2.35. The standard InChI is InChI=1S/C21H22FN5O4/c22-17-8-12(4-7-18(17)31-13-2-1-3-13)25-21(28)16-10-30-19-9-14(5-6-15(16)19)29-11-20(26-23)27-24/h4-10,13H,1-3,11,23-24H2,(H,25,28)(H,26,27). The number of furan rings is 1. The van der Waals surface area contributed by atoms with Gasteiger partial charge in [-0.15, -0.1) is 0 Å². The van der Waals surface area contributed by atoms with Crippen molar-refractivity contribution in [2.45, 2.75) is 25.4 Å². The first-order valence-electron chi connectivity index (χ1n) is 9.72. The Kier molecular flexibility index (Phi) is 5.89. The minimum absolute atomic E-state index is 0.0403. The Balaban J connectivity index is 1.44. The van der Waals surface area contributed by atoms with Crippen molar-refractivity contribution >= 4 is 28.4 Å². The van der Waals surface area contributed by atoms with Crippen LogP contribution in [0.25, 0.3) is 11.0 Å². The zero-order valence-corrected chi connectivity index (χ0v) is 16.6. The Morgan fingerprint density at radius 1 is 1.26 bits per heavy atom. The molecule has 1 aliphatic rings. The van der Waals surface area contributed by atoms with E-state index in [1.807, 2.05) is 0 Å². The largest absolute Gasteiger partial charge is 0.487 e. The molecule has 162 valence electrons. The number of carbonyl (C=O) groups is 1. The van der Waals surface area contributed by atoms with Crippen LogP contribution in [-0.4, -0.2) is 24.5 Å². The van der Waals surface area contributed by atoms with Gasteiger partial charge in [0.15, 0.2) is 17.4 Å². The van der Waals surface area contributed by atoms with E-state index in [2.05, 4.69) is 15.8 Å². The number of ether oxygens (including phenoxy) is 2. The molecule has 2 aromatic carbocycles. The molecule has 1 amide bonds. The van der Waals surface area contributed by atoms with Crippen molar-refractivity contribution in [1.29, 1.82) is 0 Å². The summed E-state index contributed by atoms with van der Waals surface area (Å²) in [4.78, 5) is 12.7. The number of amidine groups is 1. The summed E-state index contributed by atoms with van der Waals surface area (Å²) in [5.74, 6) is 10.4. The maximum Gasteiger partial charge on any atom is 0.259 e. The molecule has 1 saturated carbocycles. The molecule has 0 atom stereocenters. The molecule has 0 saturated heterocycles. The predicted molar refractivity (Wildman–Crippen MR) is 113 cm³/mol. The Morgan fingerprint density at radius 3 is 2.77 bits per heavy atom. The van der Waals surface area contributed by atoms with E-state index in [1.165, 1.54) is 18.4 Å². The van der Waals surface area contributed by atoms with Gasteiger partial charge in [0.2, 0.25) is 0 Å². The smallest absolute Gasteiger partial charge is 0.259 e. The highest BCUT2D eigenvalue weighted by atomic mass is 19.1. The zero-order chi connectivity index (χ0) is 21.8. The average Bonchev–Trinajstić information content (AvgIpc) is 3.16. The first-order valence-corrected chi connectivity index (χ1v) is 9.72. The quantitative estimate of drug-likeness (QED) is 0.197. The highest BCUT2D eigenvalue weighted by Gasteiger charge is 2.21. The van der Waals surface area contributed by atoms with Gasteiger partial charge in [-0.3, -0.25) is 4.79 Å². The molecule has 9 nitrogen and oxygen atoms in total. The Labute approximate surface area is 177 Å². The second kappa shape index (κ2) is 8.92. The molecule has 1 aliphatic carbocycles. The van der Waals surface area contributed by atoms with Gasteiger partial charge in [0.1, 0.15) is 24.2 Å². The third-order valence-corrected chi connectivity index (χ3v) is 5.03. The van der Waals surface area contributed by atoms with Crippen molar-refractivity contribution in [3.05, 3.63) is 54.0 Å². The number of halogens is 1. The lowest BCUT2D eigenvalue weighted by atomic mass is 9.96. The number of nitrogens with one attached hydrogen (secondary N) is 2. The summed E-state index contributed by atoms with van der Waals surface area (Å²) in [7, 11) is 0. The van der Waals surface area contributed by atoms with E-state index in [4.69, 9.17) is 25.6 Å². The van der Waals surface area contributed by atoms with Crippen LogP contribution < -0.4 is 31.9 Å². The number of benzene rings is 2. The molecule has 10 heteroatoms. The molecule has 1 aromatic heterocycles. The maximum absolute atomic E-state index is 14.3. The van der Waals surface area contributed by atoms with Crippen molar-refractivity contribution in [3.63, 3.8) is 0 Å². The molecule has 1 heterocycles. The monoisotopic (exact) mass is 427 g/mol. The van der Waals surface area contributed by atoms with Gasteiger partial charge in [-0.2, -0.15) is 5.10 Å². The third kappa shape index (κ3) is 4.53. The lowest BCUT2D eigenvalue weighted by Gasteiger charge is -2.26. The highest BCUT2D eigenvalue weighted by Crippen LogP contribution is 2.30. The van der Waals surface area contributed by atoms with Gasteiger partial charge in [0.05, 0.1) is 11.7 Å². The van der Waals surface area contributed by atoms with Crippen molar-refractivity contribution in [2.75, 3.05) is 11.9 Å². The Bertz CT molecular complexity index is 1130. The fourth-order valence-electron chi connectivity index (χ4n) is 3.08. The maximum atomic E-state index is 14.3. The molecule has 6 N–H and O–H groups in total. The van der Waals surface area contributed by atoms with Crippen LogP contribution in [0.2, 0.25) is 0 Å². The second-order valence-electron chi connectivity index (χ2n) is 7.09. The average molecular weight is 427 g/mol. The van der Waals surface area contributed by atoms with E-state index in [0.717, 1.165) is 19.3 Å². The minimum Gasteiger partial charge on any atom is -0.487 e. The number of amides is 1. The molecule has 31 heavy (non-hydrogen) atoms. The molecule has 0 radical (unpaired) electrons. The van der Waals surface area contributed by atoms with Crippen molar-refractivity contribution in [1.82, 2.24) is 5.43 Å². The number of carbonyl (C=O) groups excluding carboxylic acids is 1. The van der Waals surface area contributed by atoms with E-state index in [9.17, 15) is 9.18 Å². The summed E-state index contributed by atoms with van der Waals surface area (Å²) in [6, 6.07) is 9.35. The normalized spacial score (nSPS) is 14.2. The Hall–Kier alpha value is -3.79. The molecule has 1 fully saturated rings. The van der Waals surface area contributed by atoms with Crippen LogP contribution in [0.15, 0.2) is 52.2 Å². The van der Waals surface area contributed by atoms with Crippen molar-refractivity contribution in [3.8, 4) is 11.5 Å². The summed E-state index contributed by atoms with van der Waals surface area (Å²) in [6.45, 7) is 0.0403. The topological polar surface area (TPSA) is 137 Å². The van der Waals surface area contributed by atoms with Gasteiger partial charge in [0, 0.05) is 23.2 Å². The molecule has 0 aliphatic heterocycles. The van der Waals surface area contributed by atoms with Crippen molar-refractivity contribution in [2.24, 2.45) is 16.8 Å². The van der Waals surface area contributed by atoms with Gasteiger partial charge in [0.25, 0.3) is 5.91 Å². The number of fused-ring (bicyclic) bond motifs is 1. The molecule has 0 unspecified atom stereocenters. The van der Waals surface area contributed by atoms with Gasteiger partial charge in [-0.25, -0.2) is 10.2 Å².